The van der Waals surface area contributed by atoms with Gasteiger partial charge < -0.3 is 9.88 Å². The second-order valence-electron chi connectivity index (χ2n) is 5.83. The van der Waals surface area contributed by atoms with Crippen LogP contribution in [0.2, 0.25) is 0 Å². The Morgan fingerprint density at radius 3 is 2.83 bits per heavy atom. The van der Waals surface area contributed by atoms with Gasteiger partial charge in [-0.15, -0.1) is 0 Å². The smallest absolute Gasteiger partial charge is 0.220 e. The van der Waals surface area contributed by atoms with E-state index < -0.39 is 0 Å². The van der Waals surface area contributed by atoms with Crippen LogP contribution in [0.3, 0.4) is 0 Å². The first-order chi connectivity index (χ1) is 11.1. The maximum atomic E-state index is 13.3. The summed E-state index contributed by atoms with van der Waals surface area (Å²) in [5.41, 5.74) is 3.90. The summed E-state index contributed by atoms with van der Waals surface area (Å²) in [6, 6.07) is 10.1. The minimum atomic E-state index is -0.280. The fourth-order valence-electron chi connectivity index (χ4n) is 3.45. The molecule has 1 aliphatic rings. The van der Waals surface area contributed by atoms with Gasteiger partial charge in [-0.05, 0) is 41.8 Å². The molecule has 3 heterocycles. The van der Waals surface area contributed by atoms with Gasteiger partial charge in [0.1, 0.15) is 11.5 Å². The van der Waals surface area contributed by atoms with Crippen molar-refractivity contribution >= 4 is 16.9 Å². The predicted molar refractivity (Wildman–Crippen MR) is 85.4 cm³/mol. The first kappa shape index (κ1) is 13.9. The summed E-state index contributed by atoms with van der Waals surface area (Å²) in [7, 11) is 0. The molecule has 1 amide bonds. The van der Waals surface area contributed by atoms with Gasteiger partial charge in [-0.2, -0.15) is 0 Å². The number of nitrogens with zero attached hydrogens (tertiary/aromatic N) is 2. The van der Waals surface area contributed by atoms with Crippen molar-refractivity contribution in [3.63, 3.8) is 0 Å². The monoisotopic (exact) mass is 309 g/mol. The Morgan fingerprint density at radius 2 is 2.09 bits per heavy atom. The molecule has 0 saturated heterocycles. The van der Waals surface area contributed by atoms with Crippen molar-refractivity contribution in [1.29, 1.82) is 0 Å². The molecule has 4 nitrogen and oxygen atoms in total. The van der Waals surface area contributed by atoms with Gasteiger partial charge in [0.05, 0.1) is 6.04 Å². The molecule has 0 bridgehead atoms. The number of H-pyrrole nitrogens is 1. The first-order valence-corrected chi connectivity index (χ1v) is 7.63. The van der Waals surface area contributed by atoms with Crippen LogP contribution in [0.1, 0.15) is 29.8 Å². The number of amides is 1. The molecule has 0 saturated carbocycles. The van der Waals surface area contributed by atoms with Gasteiger partial charge in [-0.1, -0.05) is 12.1 Å². The number of halogens is 1. The van der Waals surface area contributed by atoms with E-state index >= 15 is 0 Å². The minimum absolute atomic E-state index is 0.0107. The number of aromatic amines is 1. The lowest BCUT2D eigenvalue weighted by Crippen LogP contribution is -2.39. The molecule has 4 rings (SSSR count). The Kier molecular flexibility index (Phi) is 3.15. The molecule has 1 unspecified atom stereocenters. The lowest BCUT2D eigenvalue weighted by Gasteiger charge is -2.35. The normalized spacial score (nSPS) is 17.3. The fourth-order valence-corrected chi connectivity index (χ4v) is 3.45. The number of benzene rings is 1. The molecule has 0 radical (unpaired) electrons. The fraction of sp³-hybridized carbons (Fsp3) is 0.222. The molecule has 2 aromatic heterocycles. The predicted octanol–water partition coefficient (Wildman–Crippen LogP) is 3.20. The SMILES string of the molecule is CC(=O)N1CCc2c([nH]c3ncccc23)C1c1ccc(F)cc1. The van der Waals surface area contributed by atoms with E-state index in [2.05, 4.69) is 9.97 Å². The Labute approximate surface area is 133 Å². The van der Waals surface area contributed by atoms with Crippen LogP contribution in [0.15, 0.2) is 42.6 Å². The number of rotatable bonds is 1. The van der Waals surface area contributed by atoms with Crippen LogP contribution in [0.25, 0.3) is 11.0 Å². The first-order valence-electron chi connectivity index (χ1n) is 7.63. The second-order valence-corrected chi connectivity index (χ2v) is 5.83. The van der Waals surface area contributed by atoms with E-state index in [0.29, 0.717) is 6.54 Å². The molecule has 1 N–H and O–H groups in total. The van der Waals surface area contributed by atoms with Gasteiger partial charge in [0.2, 0.25) is 5.91 Å². The van der Waals surface area contributed by atoms with Crippen LogP contribution in [0.4, 0.5) is 4.39 Å². The van der Waals surface area contributed by atoms with Crippen molar-refractivity contribution in [2.24, 2.45) is 0 Å². The Balaban J connectivity index is 1.92. The summed E-state index contributed by atoms with van der Waals surface area (Å²) in [6.07, 6.45) is 2.54. The molecule has 0 aliphatic carbocycles. The van der Waals surface area contributed by atoms with E-state index in [-0.39, 0.29) is 17.8 Å². The molecule has 0 fully saturated rings. The van der Waals surface area contributed by atoms with Crippen molar-refractivity contribution in [2.75, 3.05) is 6.54 Å². The summed E-state index contributed by atoms with van der Waals surface area (Å²) < 4.78 is 13.3. The maximum Gasteiger partial charge on any atom is 0.220 e. The van der Waals surface area contributed by atoms with Gasteiger partial charge in [0.25, 0.3) is 0 Å². The number of fused-ring (bicyclic) bond motifs is 3. The zero-order chi connectivity index (χ0) is 16.0. The van der Waals surface area contributed by atoms with Crippen LogP contribution in [-0.2, 0) is 11.2 Å². The van der Waals surface area contributed by atoms with Crippen LogP contribution >= 0.6 is 0 Å². The molecule has 1 aromatic carbocycles. The number of carbonyl (C=O) groups excluding carboxylic acids is 1. The summed E-state index contributed by atoms with van der Waals surface area (Å²) in [4.78, 5) is 21.7. The number of hydrogen-bond acceptors (Lipinski definition) is 2. The van der Waals surface area contributed by atoms with E-state index in [0.717, 1.165) is 28.7 Å². The number of pyridine rings is 1. The largest absolute Gasteiger partial charge is 0.341 e. The highest BCUT2D eigenvalue weighted by atomic mass is 19.1. The Hall–Kier alpha value is -2.69. The highest BCUT2D eigenvalue weighted by molar-refractivity contribution is 5.83. The molecule has 5 heteroatoms. The Morgan fingerprint density at radius 1 is 1.30 bits per heavy atom. The van der Waals surface area contributed by atoms with Crippen LogP contribution in [0, 0.1) is 5.82 Å². The van der Waals surface area contributed by atoms with Gasteiger partial charge >= 0.3 is 0 Å². The lowest BCUT2D eigenvalue weighted by molar-refractivity contribution is -0.130. The van der Waals surface area contributed by atoms with Crippen molar-refractivity contribution in [3.8, 4) is 0 Å². The number of carbonyl (C=O) groups is 1. The summed E-state index contributed by atoms with van der Waals surface area (Å²) >= 11 is 0. The van der Waals surface area contributed by atoms with Gasteiger partial charge in [0, 0.05) is 30.7 Å². The van der Waals surface area contributed by atoms with Crippen LogP contribution in [-0.4, -0.2) is 27.3 Å². The molecular weight excluding hydrogens is 293 g/mol. The van der Waals surface area contributed by atoms with Crippen molar-refractivity contribution < 1.29 is 9.18 Å². The van der Waals surface area contributed by atoms with E-state index in [4.69, 9.17) is 0 Å². The summed E-state index contributed by atoms with van der Waals surface area (Å²) in [5.74, 6) is -0.269. The molecule has 3 aromatic rings. The number of hydrogen-bond donors (Lipinski definition) is 1. The lowest BCUT2D eigenvalue weighted by atomic mass is 9.92. The average molecular weight is 309 g/mol. The maximum absolute atomic E-state index is 13.3. The molecular formula is C18H16FN3O. The van der Waals surface area contributed by atoms with Crippen molar-refractivity contribution in [1.82, 2.24) is 14.9 Å². The molecule has 23 heavy (non-hydrogen) atoms. The second kappa shape index (κ2) is 5.19. The van der Waals surface area contributed by atoms with Gasteiger partial charge in [0.15, 0.2) is 0 Å². The van der Waals surface area contributed by atoms with E-state index in [1.807, 2.05) is 17.0 Å². The average Bonchev–Trinajstić information content (AvgIpc) is 2.93. The zero-order valence-electron chi connectivity index (χ0n) is 12.7. The minimum Gasteiger partial charge on any atom is -0.341 e. The third-order valence-corrected chi connectivity index (χ3v) is 4.49. The van der Waals surface area contributed by atoms with Gasteiger partial charge in [-0.25, -0.2) is 9.37 Å². The molecule has 1 aliphatic heterocycles. The molecule has 1 atom stereocenters. The third-order valence-electron chi connectivity index (χ3n) is 4.49. The van der Waals surface area contributed by atoms with E-state index in [1.165, 1.54) is 17.7 Å². The van der Waals surface area contributed by atoms with Crippen LogP contribution < -0.4 is 0 Å². The van der Waals surface area contributed by atoms with Crippen LogP contribution in [0.5, 0.6) is 0 Å². The highest BCUT2D eigenvalue weighted by Gasteiger charge is 2.33. The van der Waals surface area contributed by atoms with Crippen molar-refractivity contribution in [3.05, 3.63) is 65.2 Å². The van der Waals surface area contributed by atoms with Gasteiger partial charge in [-0.3, -0.25) is 4.79 Å². The molecule has 116 valence electrons. The number of nitrogens with one attached hydrogen (secondary N) is 1. The quantitative estimate of drug-likeness (QED) is 0.750. The standard InChI is InChI=1S/C18H16FN3O/c1-11(23)22-10-8-14-15-3-2-9-20-18(15)21-16(14)17(22)12-4-6-13(19)7-5-12/h2-7,9,17H,8,10H2,1H3,(H,20,21). The summed E-state index contributed by atoms with van der Waals surface area (Å²) in [6.45, 7) is 2.22. The molecule has 0 spiro atoms. The highest BCUT2D eigenvalue weighted by Crippen LogP contribution is 2.37. The topological polar surface area (TPSA) is 49.0 Å². The van der Waals surface area contributed by atoms with Crippen molar-refractivity contribution in [2.45, 2.75) is 19.4 Å². The zero-order valence-corrected chi connectivity index (χ0v) is 12.7. The third kappa shape index (κ3) is 2.20. The van der Waals surface area contributed by atoms with E-state index in [9.17, 15) is 9.18 Å². The summed E-state index contributed by atoms with van der Waals surface area (Å²) in [5, 5.41) is 1.10. The number of aromatic nitrogens is 2. The van der Waals surface area contributed by atoms with E-state index in [1.54, 1.807) is 25.3 Å². The Bertz CT molecular complexity index is 885.